The molecule has 1 nitrogen and oxygen atoms in total. The molecule has 0 spiro atoms. The van der Waals surface area contributed by atoms with E-state index in [9.17, 15) is 4.39 Å². The van der Waals surface area contributed by atoms with Crippen LogP contribution in [0.3, 0.4) is 0 Å². The van der Waals surface area contributed by atoms with Crippen molar-refractivity contribution < 1.29 is 4.39 Å². The van der Waals surface area contributed by atoms with Crippen LogP contribution in [0.1, 0.15) is 16.5 Å². The minimum absolute atomic E-state index is 0.189. The lowest BCUT2D eigenvalue weighted by Crippen LogP contribution is -2.17. The fraction of sp³-hybridized carbons (Fsp3) is 0.167. The molecular weight excluding hydrogens is 280 g/mol. The number of halogens is 3. The number of hydrogen-bond donors (Lipinski definition) is 1. The maximum Gasteiger partial charge on any atom is 0.123 e. The molecule has 1 aromatic heterocycles. The normalized spacial score (nSPS) is 12.7. The first-order chi connectivity index (χ1) is 8.13. The van der Waals surface area contributed by atoms with Crippen molar-refractivity contribution in [2.75, 3.05) is 7.05 Å². The van der Waals surface area contributed by atoms with E-state index >= 15 is 0 Å². The molecule has 1 heterocycles. The van der Waals surface area contributed by atoms with Crippen LogP contribution in [0.2, 0.25) is 10.0 Å². The lowest BCUT2D eigenvalue weighted by atomic mass is 10.1. The molecule has 1 unspecified atom stereocenters. The Kier molecular flexibility index (Phi) is 4.05. The monoisotopic (exact) mass is 289 g/mol. The molecule has 0 aliphatic rings. The predicted molar refractivity (Wildman–Crippen MR) is 71.6 cm³/mol. The second-order valence-corrected chi connectivity index (χ2v) is 5.28. The standard InChI is InChI=1S/C12H10Cl2FNS/c1-16-11(12-10(14)4-5-17-12)8-6-7(15)2-3-9(8)13/h2-6,11,16H,1H3. The maximum atomic E-state index is 13.3. The summed E-state index contributed by atoms with van der Waals surface area (Å²) in [6, 6.07) is 5.95. The van der Waals surface area contributed by atoms with E-state index < -0.39 is 0 Å². The van der Waals surface area contributed by atoms with E-state index in [-0.39, 0.29) is 11.9 Å². The fourth-order valence-corrected chi connectivity index (χ4v) is 3.19. The number of thiophene rings is 1. The molecule has 2 aromatic rings. The van der Waals surface area contributed by atoms with Gasteiger partial charge in [0.25, 0.3) is 0 Å². The van der Waals surface area contributed by atoms with Crippen molar-refractivity contribution in [1.82, 2.24) is 5.32 Å². The summed E-state index contributed by atoms with van der Waals surface area (Å²) >= 11 is 13.7. The molecule has 0 aliphatic heterocycles. The topological polar surface area (TPSA) is 12.0 Å². The highest BCUT2D eigenvalue weighted by Crippen LogP contribution is 2.35. The van der Waals surface area contributed by atoms with Crippen molar-refractivity contribution in [3.05, 3.63) is 55.9 Å². The van der Waals surface area contributed by atoms with Crippen LogP contribution in [-0.4, -0.2) is 7.05 Å². The first-order valence-corrected chi connectivity index (χ1v) is 6.62. The Hall–Kier alpha value is -0.610. The molecule has 0 saturated heterocycles. The summed E-state index contributed by atoms with van der Waals surface area (Å²) in [4.78, 5) is 0.932. The van der Waals surface area contributed by atoms with Gasteiger partial charge in [0.15, 0.2) is 0 Å². The molecule has 0 aliphatic carbocycles. The van der Waals surface area contributed by atoms with Gasteiger partial charge in [-0.25, -0.2) is 4.39 Å². The van der Waals surface area contributed by atoms with Crippen LogP contribution in [0, 0.1) is 5.82 Å². The summed E-state index contributed by atoms with van der Waals surface area (Å²) in [7, 11) is 1.79. The van der Waals surface area contributed by atoms with Gasteiger partial charge in [-0.3, -0.25) is 0 Å². The summed E-state index contributed by atoms with van der Waals surface area (Å²) in [6.07, 6.45) is 0. The Morgan fingerprint density at radius 3 is 2.59 bits per heavy atom. The molecule has 0 radical (unpaired) electrons. The smallest absolute Gasteiger partial charge is 0.123 e. The molecule has 0 bridgehead atoms. The molecule has 90 valence electrons. The van der Waals surface area contributed by atoms with Gasteiger partial charge in [0.05, 0.1) is 11.1 Å². The minimum atomic E-state index is -0.308. The van der Waals surface area contributed by atoms with Crippen LogP contribution in [0.25, 0.3) is 0 Å². The third kappa shape index (κ3) is 2.63. The lowest BCUT2D eigenvalue weighted by molar-refractivity contribution is 0.618. The third-order valence-electron chi connectivity index (χ3n) is 2.46. The van der Waals surface area contributed by atoms with Crippen molar-refractivity contribution in [2.24, 2.45) is 0 Å². The molecule has 1 aromatic carbocycles. The van der Waals surface area contributed by atoms with Gasteiger partial charge in [0, 0.05) is 9.90 Å². The van der Waals surface area contributed by atoms with Gasteiger partial charge in [-0.2, -0.15) is 0 Å². The van der Waals surface area contributed by atoms with Crippen molar-refractivity contribution in [3.8, 4) is 0 Å². The van der Waals surface area contributed by atoms with Crippen LogP contribution in [-0.2, 0) is 0 Å². The zero-order chi connectivity index (χ0) is 12.4. The molecule has 0 amide bonds. The summed E-state index contributed by atoms with van der Waals surface area (Å²) in [5.41, 5.74) is 0.693. The highest BCUT2D eigenvalue weighted by atomic mass is 35.5. The molecule has 17 heavy (non-hydrogen) atoms. The Balaban J connectivity index is 2.49. The van der Waals surface area contributed by atoms with E-state index in [0.717, 1.165) is 4.88 Å². The average Bonchev–Trinajstić information content (AvgIpc) is 2.71. The zero-order valence-electron chi connectivity index (χ0n) is 9.01. The zero-order valence-corrected chi connectivity index (χ0v) is 11.3. The van der Waals surface area contributed by atoms with Crippen molar-refractivity contribution in [3.63, 3.8) is 0 Å². The summed E-state index contributed by atoms with van der Waals surface area (Å²) in [5.74, 6) is -0.308. The highest BCUT2D eigenvalue weighted by Gasteiger charge is 2.19. The van der Waals surface area contributed by atoms with Crippen LogP contribution < -0.4 is 5.32 Å². The van der Waals surface area contributed by atoms with Gasteiger partial charge in [0.1, 0.15) is 5.82 Å². The van der Waals surface area contributed by atoms with E-state index in [4.69, 9.17) is 23.2 Å². The van der Waals surface area contributed by atoms with Gasteiger partial charge in [-0.05, 0) is 42.3 Å². The first-order valence-electron chi connectivity index (χ1n) is 4.98. The second kappa shape index (κ2) is 5.36. The lowest BCUT2D eigenvalue weighted by Gasteiger charge is -2.17. The molecule has 2 rings (SSSR count). The van der Waals surface area contributed by atoms with Gasteiger partial charge >= 0.3 is 0 Å². The average molecular weight is 290 g/mol. The van der Waals surface area contributed by atoms with Crippen LogP contribution >= 0.6 is 34.5 Å². The van der Waals surface area contributed by atoms with Crippen molar-refractivity contribution >= 4 is 34.5 Å². The molecule has 5 heteroatoms. The Morgan fingerprint density at radius 1 is 1.24 bits per heavy atom. The fourth-order valence-electron chi connectivity index (χ4n) is 1.68. The number of rotatable bonds is 3. The largest absolute Gasteiger partial charge is 0.309 e. The van der Waals surface area contributed by atoms with Gasteiger partial charge in [-0.15, -0.1) is 11.3 Å². The van der Waals surface area contributed by atoms with Crippen LogP contribution in [0.4, 0.5) is 4.39 Å². The van der Waals surface area contributed by atoms with Gasteiger partial charge in [0.2, 0.25) is 0 Å². The Morgan fingerprint density at radius 2 is 2.00 bits per heavy atom. The molecule has 1 N–H and O–H groups in total. The van der Waals surface area contributed by atoms with Gasteiger partial charge < -0.3 is 5.32 Å². The number of benzene rings is 1. The first kappa shape index (κ1) is 12.8. The predicted octanol–water partition coefficient (Wildman–Crippen LogP) is 4.50. The summed E-state index contributed by atoms with van der Waals surface area (Å²) in [6.45, 7) is 0. The maximum absolute atomic E-state index is 13.3. The van der Waals surface area contributed by atoms with E-state index in [1.165, 1.54) is 23.5 Å². The Bertz CT molecular complexity index is 527. The molecule has 1 atom stereocenters. The number of nitrogens with one attached hydrogen (secondary N) is 1. The van der Waals surface area contributed by atoms with E-state index in [1.807, 2.05) is 11.4 Å². The molecular formula is C12H10Cl2FNS. The highest BCUT2D eigenvalue weighted by molar-refractivity contribution is 7.10. The van der Waals surface area contributed by atoms with E-state index in [2.05, 4.69) is 5.32 Å². The van der Waals surface area contributed by atoms with E-state index in [0.29, 0.717) is 15.6 Å². The quantitative estimate of drug-likeness (QED) is 0.877. The van der Waals surface area contributed by atoms with Crippen LogP contribution in [0.15, 0.2) is 29.6 Å². The van der Waals surface area contributed by atoms with Crippen molar-refractivity contribution in [1.29, 1.82) is 0 Å². The van der Waals surface area contributed by atoms with Crippen LogP contribution in [0.5, 0.6) is 0 Å². The van der Waals surface area contributed by atoms with Gasteiger partial charge in [-0.1, -0.05) is 23.2 Å². The minimum Gasteiger partial charge on any atom is -0.309 e. The van der Waals surface area contributed by atoms with E-state index in [1.54, 1.807) is 13.1 Å². The van der Waals surface area contributed by atoms with Crippen molar-refractivity contribution in [2.45, 2.75) is 6.04 Å². The molecule has 0 fully saturated rings. The molecule has 0 saturated carbocycles. The number of hydrogen-bond acceptors (Lipinski definition) is 2. The Labute approximate surface area is 113 Å². The summed E-state index contributed by atoms with van der Waals surface area (Å²) < 4.78 is 13.3. The summed E-state index contributed by atoms with van der Waals surface area (Å²) in [5, 5.41) is 6.19. The third-order valence-corrected chi connectivity index (χ3v) is 4.23. The second-order valence-electron chi connectivity index (χ2n) is 3.52. The SMILES string of the molecule is CNC(c1cc(F)ccc1Cl)c1sccc1Cl.